The maximum atomic E-state index is 10.6. The summed E-state index contributed by atoms with van der Waals surface area (Å²) in [6.07, 6.45) is 6.14. The SMILES string of the molecule is CCCCN(CCCC)c1ccc([N+](=O)[O-])nc1. The molecule has 0 unspecified atom stereocenters. The second-order valence-corrected chi connectivity index (χ2v) is 4.33. The Kier molecular flexibility index (Phi) is 6.11. The van der Waals surface area contributed by atoms with Crippen molar-refractivity contribution in [2.24, 2.45) is 0 Å². The van der Waals surface area contributed by atoms with E-state index in [0.717, 1.165) is 44.5 Å². The van der Waals surface area contributed by atoms with Crippen molar-refractivity contribution in [2.45, 2.75) is 39.5 Å². The fraction of sp³-hybridized carbons (Fsp3) is 0.615. The quantitative estimate of drug-likeness (QED) is 0.525. The number of rotatable bonds is 8. The van der Waals surface area contributed by atoms with Crippen LogP contribution in [0.1, 0.15) is 39.5 Å². The first kappa shape index (κ1) is 14.4. The maximum absolute atomic E-state index is 10.6. The van der Waals surface area contributed by atoms with Crippen molar-refractivity contribution in [1.29, 1.82) is 0 Å². The lowest BCUT2D eigenvalue weighted by Gasteiger charge is -2.23. The molecule has 0 amide bonds. The van der Waals surface area contributed by atoms with Crippen LogP contribution in [0, 0.1) is 10.1 Å². The summed E-state index contributed by atoms with van der Waals surface area (Å²) in [7, 11) is 0. The van der Waals surface area contributed by atoms with Crippen LogP contribution < -0.4 is 4.90 Å². The van der Waals surface area contributed by atoms with Gasteiger partial charge in [0.25, 0.3) is 0 Å². The molecule has 0 aliphatic carbocycles. The molecule has 0 N–H and O–H groups in total. The molecule has 0 aliphatic heterocycles. The average molecular weight is 251 g/mol. The van der Waals surface area contributed by atoms with Gasteiger partial charge in [-0.1, -0.05) is 26.7 Å². The van der Waals surface area contributed by atoms with Crippen LogP contribution in [-0.2, 0) is 0 Å². The Balaban J connectivity index is 2.73. The molecule has 5 heteroatoms. The van der Waals surface area contributed by atoms with E-state index in [1.165, 1.54) is 6.07 Å². The smallest absolute Gasteiger partial charge is 0.363 e. The van der Waals surface area contributed by atoms with Crippen LogP contribution in [-0.4, -0.2) is 23.0 Å². The van der Waals surface area contributed by atoms with Crippen LogP contribution in [0.4, 0.5) is 11.5 Å². The summed E-state index contributed by atoms with van der Waals surface area (Å²) < 4.78 is 0. The van der Waals surface area contributed by atoms with Crippen molar-refractivity contribution in [3.63, 3.8) is 0 Å². The normalized spacial score (nSPS) is 10.3. The summed E-state index contributed by atoms with van der Waals surface area (Å²) in [6.45, 7) is 6.28. The van der Waals surface area contributed by atoms with Gasteiger partial charge in [0, 0.05) is 19.2 Å². The lowest BCUT2D eigenvalue weighted by molar-refractivity contribution is -0.389. The van der Waals surface area contributed by atoms with Gasteiger partial charge in [0.2, 0.25) is 0 Å². The molecular formula is C13H21N3O2. The van der Waals surface area contributed by atoms with Gasteiger partial charge in [0.1, 0.15) is 0 Å². The van der Waals surface area contributed by atoms with Crippen molar-refractivity contribution in [3.8, 4) is 0 Å². The van der Waals surface area contributed by atoms with Gasteiger partial charge in [-0.3, -0.25) is 0 Å². The summed E-state index contributed by atoms with van der Waals surface area (Å²) in [5, 5.41) is 10.6. The first-order chi connectivity index (χ1) is 8.69. The molecule has 1 rings (SSSR count). The van der Waals surface area contributed by atoms with E-state index in [2.05, 4.69) is 23.7 Å². The lowest BCUT2D eigenvalue weighted by Crippen LogP contribution is -2.25. The molecule has 1 heterocycles. The van der Waals surface area contributed by atoms with Gasteiger partial charge in [-0.2, -0.15) is 0 Å². The van der Waals surface area contributed by atoms with Crippen LogP contribution in [0.3, 0.4) is 0 Å². The van der Waals surface area contributed by atoms with Gasteiger partial charge < -0.3 is 15.0 Å². The third-order valence-corrected chi connectivity index (χ3v) is 2.85. The number of hydrogen-bond donors (Lipinski definition) is 0. The molecule has 0 bridgehead atoms. The average Bonchev–Trinajstić information content (AvgIpc) is 2.39. The number of aromatic nitrogens is 1. The van der Waals surface area contributed by atoms with Gasteiger partial charge >= 0.3 is 5.82 Å². The summed E-state index contributed by atoms with van der Waals surface area (Å²) in [5.74, 6) is -0.0929. The van der Waals surface area contributed by atoms with Crippen molar-refractivity contribution in [1.82, 2.24) is 4.98 Å². The highest BCUT2D eigenvalue weighted by molar-refractivity contribution is 5.46. The molecule has 0 aliphatic rings. The van der Waals surface area contributed by atoms with Gasteiger partial charge in [0.05, 0.1) is 5.69 Å². The first-order valence-corrected chi connectivity index (χ1v) is 6.54. The molecule has 0 radical (unpaired) electrons. The minimum atomic E-state index is -0.466. The standard InChI is InChI=1S/C13H21N3O2/c1-3-5-9-15(10-6-4-2)12-7-8-13(14-11-12)16(17)18/h7-8,11H,3-6,9-10H2,1-2H3. The zero-order valence-electron chi connectivity index (χ0n) is 11.1. The van der Waals surface area contributed by atoms with E-state index in [-0.39, 0.29) is 5.82 Å². The number of hydrogen-bond acceptors (Lipinski definition) is 4. The Bertz CT molecular complexity index is 357. The largest absolute Gasteiger partial charge is 0.368 e. The van der Waals surface area contributed by atoms with E-state index >= 15 is 0 Å². The zero-order chi connectivity index (χ0) is 13.4. The molecular weight excluding hydrogens is 230 g/mol. The van der Waals surface area contributed by atoms with Crippen LogP contribution in [0.2, 0.25) is 0 Å². The fourth-order valence-corrected chi connectivity index (χ4v) is 1.74. The Morgan fingerprint density at radius 1 is 1.22 bits per heavy atom. The minimum absolute atomic E-state index is 0.0929. The molecule has 0 atom stereocenters. The summed E-state index contributed by atoms with van der Waals surface area (Å²) in [5.41, 5.74) is 0.975. The van der Waals surface area contributed by atoms with E-state index in [4.69, 9.17) is 0 Å². The van der Waals surface area contributed by atoms with Crippen LogP contribution in [0.5, 0.6) is 0 Å². The Hall–Kier alpha value is -1.65. The molecule has 1 aromatic rings. The molecule has 1 aromatic heterocycles. The second-order valence-electron chi connectivity index (χ2n) is 4.33. The van der Waals surface area contributed by atoms with Crippen molar-refractivity contribution in [3.05, 3.63) is 28.4 Å². The van der Waals surface area contributed by atoms with Gasteiger partial charge in [-0.15, -0.1) is 0 Å². The topological polar surface area (TPSA) is 59.3 Å². The zero-order valence-corrected chi connectivity index (χ0v) is 11.1. The molecule has 0 saturated carbocycles. The monoisotopic (exact) mass is 251 g/mol. The predicted molar refractivity (Wildman–Crippen MR) is 72.9 cm³/mol. The second kappa shape index (κ2) is 7.63. The van der Waals surface area contributed by atoms with E-state index in [9.17, 15) is 10.1 Å². The van der Waals surface area contributed by atoms with E-state index in [1.54, 1.807) is 12.3 Å². The van der Waals surface area contributed by atoms with Crippen molar-refractivity contribution < 1.29 is 4.92 Å². The fourth-order valence-electron chi connectivity index (χ4n) is 1.74. The van der Waals surface area contributed by atoms with Gasteiger partial charge in [0.15, 0.2) is 6.20 Å². The summed E-state index contributed by atoms with van der Waals surface area (Å²) in [4.78, 5) is 16.2. The third-order valence-electron chi connectivity index (χ3n) is 2.85. The molecule has 18 heavy (non-hydrogen) atoms. The highest BCUT2D eigenvalue weighted by Crippen LogP contribution is 2.17. The molecule has 0 aromatic carbocycles. The van der Waals surface area contributed by atoms with Gasteiger partial charge in [-0.05, 0) is 28.8 Å². The molecule has 0 spiro atoms. The number of nitro groups is 1. The summed E-state index contributed by atoms with van der Waals surface area (Å²) in [6, 6.07) is 3.26. The van der Waals surface area contributed by atoms with Crippen molar-refractivity contribution >= 4 is 11.5 Å². The highest BCUT2D eigenvalue weighted by atomic mass is 16.6. The van der Waals surface area contributed by atoms with Crippen LogP contribution in [0.15, 0.2) is 18.3 Å². The van der Waals surface area contributed by atoms with Gasteiger partial charge in [-0.25, -0.2) is 0 Å². The predicted octanol–water partition coefficient (Wildman–Crippen LogP) is 3.40. The Morgan fingerprint density at radius 3 is 2.22 bits per heavy atom. The maximum Gasteiger partial charge on any atom is 0.363 e. The number of unbranched alkanes of at least 4 members (excludes halogenated alkanes) is 2. The molecule has 100 valence electrons. The minimum Gasteiger partial charge on any atom is -0.368 e. The number of pyridine rings is 1. The van der Waals surface area contributed by atoms with E-state index in [1.807, 2.05) is 0 Å². The Morgan fingerprint density at radius 2 is 1.83 bits per heavy atom. The van der Waals surface area contributed by atoms with E-state index < -0.39 is 4.92 Å². The molecule has 0 saturated heterocycles. The van der Waals surface area contributed by atoms with Crippen molar-refractivity contribution in [2.75, 3.05) is 18.0 Å². The first-order valence-electron chi connectivity index (χ1n) is 6.54. The van der Waals surface area contributed by atoms with Crippen LogP contribution in [0.25, 0.3) is 0 Å². The number of anilines is 1. The molecule has 5 nitrogen and oxygen atoms in total. The highest BCUT2D eigenvalue weighted by Gasteiger charge is 2.11. The number of nitrogens with zero attached hydrogens (tertiary/aromatic N) is 3. The molecule has 0 fully saturated rings. The van der Waals surface area contributed by atoms with Crippen LogP contribution >= 0.6 is 0 Å². The summed E-state index contributed by atoms with van der Waals surface area (Å²) >= 11 is 0. The van der Waals surface area contributed by atoms with E-state index in [0.29, 0.717) is 0 Å². The lowest BCUT2D eigenvalue weighted by atomic mass is 10.2. The third kappa shape index (κ3) is 4.31. The Labute approximate surface area is 108 Å².